The minimum absolute atomic E-state index is 0.147. The van der Waals surface area contributed by atoms with E-state index in [0.29, 0.717) is 0 Å². The number of piperidine rings is 1. The maximum atomic E-state index is 13.0. The first-order chi connectivity index (χ1) is 9.97. The molecule has 0 atom stereocenters. The van der Waals surface area contributed by atoms with Crippen LogP contribution in [0.3, 0.4) is 0 Å². The van der Waals surface area contributed by atoms with Gasteiger partial charge in [0.25, 0.3) is 0 Å². The van der Waals surface area contributed by atoms with E-state index < -0.39 is 53.5 Å². The minimum Gasteiger partial charge on any atom is -0.380 e. The van der Waals surface area contributed by atoms with Gasteiger partial charge in [-0.1, -0.05) is 0 Å². The zero-order valence-electron chi connectivity index (χ0n) is 11.7. The topological polar surface area (TPSA) is 57.6 Å². The number of aryl methyl sites for hydroxylation is 1. The van der Waals surface area contributed by atoms with Crippen LogP contribution in [-0.2, 0) is 10.0 Å². The summed E-state index contributed by atoms with van der Waals surface area (Å²) in [5.41, 5.74) is -2.69. The molecular weight excluding hydrogens is 326 g/mol. The smallest absolute Gasteiger partial charge is 0.380 e. The monoisotopic (exact) mass is 341 g/mol. The number of nitrogens with zero attached hydrogens (tertiary/aromatic N) is 1. The Morgan fingerprint density at radius 2 is 1.77 bits per heavy atom. The Kier molecular flexibility index (Phi) is 4.27. The van der Waals surface area contributed by atoms with Crippen molar-refractivity contribution in [3.63, 3.8) is 0 Å². The fourth-order valence-electron chi connectivity index (χ4n) is 2.42. The Hall–Kier alpha value is -1.19. The molecule has 1 aliphatic rings. The predicted octanol–water partition coefficient (Wildman–Crippen LogP) is 2.21. The van der Waals surface area contributed by atoms with E-state index in [2.05, 4.69) is 0 Å². The Labute approximate surface area is 125 Å². The lowest BCUT2D eigenvalue weighted by Crippen LogP contribution is -2.54. The normalized spacial score (nSPS) is 20.1. The van der Waals surface area contributed by atoms with Crippen LogP contribution in [0.1, 0.15) is 18.4 Å². The van der Waals surface area contributed by atoms with E-state index >= 15 is 0 Å². The predicted molar refractivity (Wildman–Crippen MR) is 70.1 cm³/mol. The number of halogens is 4. The number of rotatable bonds is 2. The van der Waals surface area contributed by atoms with Crippen molar-refractivity contribution in [1.82, 2.24) is 4.31 Å². The molecule has 0 bridgehead atoms. The van der Waals surface area contributed by atoms with Crippen molar-refractivity contribution in [2.24, 2.45) is 0 Å². The first kappa shape index (κ1) is 17.2. The van der Waals surface area contributed by atoms with E-state index in [1.165, 1.54) is 6.92 Å². The van der Waals surface area contributed by atoms with Gasteiger partial charge in [0.05, 0.1) is 4.90 Å². The largest absolute Gasteiger partial charge is 0.417 e. The summed E-state index contributed by atoms with van der Waals surface area (Å²) < 4.78 is 76.9. The maximum absolute atomic E-state index is 13.0. The second kappa shape index (κ2) is 5.47. The second-order valence-corrected chi connectivity index (χ2v) is 7.25. The highest BCUT2D eigenvalue weighted by Crippen LogP contribution is 2.39. The van der Waals surface area contributed by atoms with E-state index in [1.54, 1.807) is 0 Å². The molecule has 4 nitrogen and oxygen atoms in total. The van der Waals surface area contributed by atoms with Crippen LogP contribution in [-0.4, -0.2) is 42.7 Å². The molecule has 1 fully saturated rings. The van der Waals surface area contributed by atoms with Gasteiger partial charge in [-0.15, -0.1) is 0 Å². The van der Waals surface area contributed by atoms with Crippen molar-refractivity contribution in [3.05, 3.63) is 29.6 Å². The van der Waals surface area contributed by atoms with Crippen LogP contribution >= 0.6 is 0 Å². The molecule has 124 valence electrons. The van der Waals surface area contributed by atoms with Gasteiger partial charge in [-0.2, -0.15) is 17.5 Å². The Bertz CT molecular complexity index is 664. The fraction of sp³-hybridized carbons (Fsp3) is 0.538. The SMILES string of the molecule is Cc1cc(F)ccc1S(=O)(=O)N1CCC(O)(C(F)(F)F)CC1. The van der Waals surface area contributed by atoms with Gasteiger partial charge in [0, 0.05) is 13.1 Å². The Morgan fingerprint density at radius 1 is 1.23 bits per heavy atom. The zero-order valence-corrected chi connectivity index (χ0v) is 12.5. The molecule has 0 amide bonds. The first-order valence-corrected chi connectivity index (χ1v) is 7.97. The van der Waals surface area contributed by atoms with Gasteiger partial charge in [0.1, 0.15) is 5.82 Å². The summed E-state index contributed by atoms with van der Waals surface area (Å²) in [6, 6.07) is 3.11. The molecule has 9 heteroatoms. The van der Waals surface area contributed by atoms with Gasteiger partial charge >= 0.3 is 6.18 Å². The molecule has 0 saturated carbocycles. The molecule has 0 aromatic heterocycles. The van der Waals surface area contributed by atoms with Crippen LogP contribution < -0.4 is 0 Å². The van der Waals surface area contributed by atoms with Gasteiger partial charge < -0.3 is 5.11 Å². The van der Waals surface area contributed by atoms with Crippen LogP contribution in [0.15, 0.2) is 23.1 Å². The molecule has 1 aromatic rings. The van der Waals surface area contributed by atoms with Gasteiger partial charge in [-0.25, -0.2) is 12.8 Å². The summed E-state index contributed by atoms with van der Waals surface area (Å²) in [7, 11) is -4.02. The van der Waals surface area contributed by atoms with Gasteiger partial charge in [-0.05, 0) is 43.5 Å². The molecule has 1 heterocycles. The van der Waals surface area contributed by atoms with Gasteiger partial charge in [0.2, 0.25) is 10.0 Å². The van der Waals surface area contributed by atoms with E-state index in [1.807, 2.05) is 0 Å². The van der Waals surface area contributed by atoms with Crippen LogP contribution in [0.5, 0.6) is 0 Å². The number of hydrogen-bond donors (Lipinski definition) is 1. The van der Waals surface area contributed by atoms with Crippen LogP contribution in [0, 0.1) is 12.7 Å². The summed E-state index contributed by atoms with van der Waals surface area (Å²) in [5.74, 6) is -0.596. The lowest BCUT2D eigenvalue weighted by Gasteiger charge is -2.38. The lowest BCUT2D eigenvalue weighted by atomic mass is 9.92. The molecule has 0 spiro atoms. The standard InChI is InChI=1S/C13H15F4NO3S/c1-9-8-10(14)2-3-11(9)22(20,21)18-6-4-12(19,5-7-18)13(15,16)17/h2-3,8,19H,4-7H2,1H3. The van der Waals surface area contributed by atoms with Crippen molar-refractivity contribution in [2.45, 2.75) is 36.4 Å². The highest BCUT2D eigenvalue weighted by Gasteiger charge is 2.55. The lowest BCUT2D eigenvalue weighted by molar-refractivity contribution is -0.270. The van der Waals surface area contributed by atoms with Crippen LogP contribution in [0.4, 0.5) is 17.6 Å². The first-order valence-electron chi connectivity index (χ1n) is 6.53. The third-order valence-corrected chi connectivity index (χ3v) is 5.89. The number of alkyl halides is 3. The summed E-state index contributed by atoms with van der Waals surface area (Å²) >= 11 is 0. The summed E-state index contributed by atoms with van der Waals surface area (Å²) in [6.07, 6.45) is -6.25. The molecule has 1 N–H and O–H groups in total. The van der Waals surface area contributed by atoms with Gasteiger partial charge in [-0.3, -0.25) is 0 Å². The quantitative estimate of drug-likeness (QED) is 0.839. The van der Waals surface area contributed by atoms with E-state index in [9.17, 15) is 31.1 Å². The Balaban J connectivity index is 2.23. The zero-order chi connectivity index (χ0) is 16.8. The number of hydrogen-bond acceptors (Lipinski definition) is 3. The molecule has 1 aromatic carbocycles. The third kappa shape index (κ3) is 2.97. The number of benzene rings is 1. The van der Waals surface area contributed by atoms with Crippen molar-refractivity contribution < 1.29 is 31.1 Å². The summed E-state index contributed by atoms with van der Waals surface area (Å²) in [6.45, 7) is 0.510. The highest BCUT2D eigenvalue weighted by atomic mass is 32.2. The van der Waals surface area contributed by atoms with E-state index in [-0.39, 0.29) is 10.5 Å². The van der Waals surface area contributed by atoms with Crippen molar-refractivity contribution in [1.29, 1.82) is 0 Å². The molecule has 2 rings (SSSR count). The molecule has 0 unspecified atom stereocenters. The maximum Gasteiger partial charge on any atom is 0.417 e. The van der Waals surface area contributed by atoms with Crippen molar-refractivity contribution >= 4 is 10.0 Å². The van der Waals surface area contributed by atoms with Crippen LogP contribution in [0.25, 0.3) is 0 Å². The average Bonchev–Trinajstić information content (AvgIpc) is 2.37. The highest BCUT2D eigenvalue weighted by molar-refractivity contribution is 7.89. The molecule has 1 saturated heterocycles. The Morgan fingerprint density at radius 3 is 2.23 bits per heavy atom. The molecule has 0 aliphatic carbocycles. The molecule has 0 radical (unpaired) electrons. The third-order valence-electron chi connectivity index (χ3n) is 3.83. The number of aliphatic hydroxyl groups is 1. The second-order valence-electron chi connectivity index (χ2n) is 5.34. The number of sulfonamides is 1. The van der Waals surface area contributed by atoms with Crippen molar-refractivity contribution in [3.8, 4) is 0 Å². The minimum atomic E-state index is -4.80. The summed E-state index contributed by atoms with van der Waals surface area (Å²) in [4.78, 5) is -0.147. The molecule has 1 aliphatic heterocycles. The van der Waals surface area contributed by atoms with Crippen molar-refractivity contribution in [2.75, 3.05) is 13.1 Å². The average molecular weight is 341 g/mol. The fourth-order valence-corrected chi connectivity index (χ4v) is 4.07. The van der Waals surface area contributed by atoms with E-state index in [0.717, 1.165) is 22.5 Å². The molecular formula is C13H15F4NO3S. The van der Waals surface area contributed by atoms with Gasteiger partial charge in [0.15, 0.2) is 5.60 Å². The summed E-state index contributed by atoms with van der Waals surface area (Å²) in [5, 5.41) is 9.56. The van der Waals surface area contributed by atoms with E-state index in [4.69, 9.17) is 0 Å². The molecule has 22 heavy (non-hydrogen) atoms. The van der Waals surface area contributed by atoms with Crippen LogP contribution in [0.2, 0.25) is 0 Å².